The molecule has 0 bridgehead atoms. The van der Waals surface area contributed by atoms with Gasteiger partial charge in [0, 0.05) is 24.7 Å². The van der Waals surface area contributed by atoms with Crippen LogP contribution >= 0.6 is 0 Å². The number of carbonyl (C=O) groups excluding carboxylic acids is 1. The molecule has 0 aliphatic rings. The van der Waals surface area contributed by atoms with Crippen LogP contribution in [0.2, 0.25) is 0 Å². The average molecular weight is 264 g/mol. The van der Waals surface area contributed by atoms with Crippen molar-refractivity contribution in [3.63, 3.8) is 0 Å². The van der Waals surface area contributed by atoms with Crippen LogP contribution in [0.25, 0.3) is 0 Å². The van der Waals surface area contributed by atoms with Gasteiger partial charge in [0.05, 0.1) is 7.11 Å². The molecule has 0 fully saturated rings. The summed E-state index contributed by atoms with van der Waals surface area (Å²) in [6, 6.07) is 8.32. The summed E-state index contributed by atoms with van der Waals surface area (Å²) in [6.45, 7) is 5.97. The number of hydrogen-bond donors (Lipinski definition) is 1. The number of anilines is 1. The number of methoxy groups -OCH3 is 1. The van der Waals surface area contributed by atoms with E-state index in [1.54, 1.807) is 0 Å². The van der Waals surface area contributed by atoms with E-state index in [1.165, 1.54) is 7.11 Å². The van der Waals surface area contributed by atoms with Gasteiger partial charge in [0.1, 0.15) is 0 Å². The van der Waals surface area contributed by atoms with E-state index < -0.39 is 0 Å². The maximum Gasteiger partial charge on any atom is 0.305 e. The van der Waals surface area contributed by atoms with Crippen LogP contribution in [0.5, 0.6) is 0 Å². The number of nitrogen functional groups attached to an aromatic ring is 1. The number of ether oxygens (including phenoxy) is 1. The second kappa shape index (κ2) is 7.79. The average Bonchev–Trinajstić information content (AvgIpc) is 2.39. The molecule has 1 aromatic carbocycles. The minimum atomic E-state index is -0.150. The van der Waals surface area contributed by atoms with E-state index in [-0.39, 0.29) is 5.97 Å². The molecule has 19 heavy (non-hydrogen) atoms. The quantitative estimate of drug-likeness (QED) is 0.607. The van der Waals surface area contributed by atoms with Crippen molar-refractivity contribution in [1.82, 2.24) is 4.90 Å². The van der Waals surface area contributed by atoms with Crippen LogP contribution in [-0.4, -0.2) is 30.6 Å². The third-order valence-corrected chi connectivity index (χ3v) is 3.21. The second-order valence-electron chi connectivity index (χ2n) is 4.94. The summed E-state index contributed by atoms with van der Waals surface area (Å²) in [7, 11) is 1.42. The molecule has 0 amide bonds. The highest BCUT2D eigenvalue weighted by molar-refractivity contribution is 5.69. The third kappa shape index (κ3) is 5.30. The van der Waals surface area contributed by atoms with Crippen molar-refractivity contribution in [3.05, 3.63) is 29.8 Å². The first-order valence-corrected chi connectivity index (χ1v) is 6.68. The summed E-state index contributed by atoms with van der Waals surface area (Å²) in [4.78, 5) is 13.4. The predicted octanol–water partition coefficient (Wildman–Crippen LogP) is 2.43. The molecule has 0 aromatic heterocycles. The topological polar surface area (TPSA) is 55.6 Å². The normalized spacial score (nSPS) is 11.0. The van der Waals surface area contributed by atoms with Crippen LogP contribution in [0.1, 0.15) is 32.3 Å². The number of carbonyl (C=O) groups is 1. The molecule has 1 rings (SSSR count). The molecule has 0 aliphatic carbocycles. The summed E-state index contributed by atoms with van der Waals surface area (Å²) >= 11 is 0. The molecule has 4 nitrogen and oxygen atoms in total. The Morgan fingerprint density at radius 1 is 1.37 bits per heavy atom. The molecule has 0 saturated heterocycles. The maximum absolute atomic E-state index is 11.1. The van der Waals surface area contributed by atoms with E-state index in [9.17, 15) is 4.79 Å². The minimum Gasteiger partial charge on any atom is -0.469 e. The Labute approximate surface area is 115 Å². The van der Waals surface area contributed by atoms with Crippen molar-refractivity contribution in [2.45, 2.75) is 39.3 Å². The number of benzene rings is 1. The third-order valence-electron chi connectivity index (χ3n) is 3.21. The van der Waals surface area contributed by atoms with E-state index in [1.807, 2.05) is 24.3 Å². The van der Waals surface area contributed by atoms with Gasteiger partial charge in [-0.3, -0.25) is 9.69 Å². The monoisotopic (exact) mass is 264 g/mol. The van der Waals surface area contributed by atoms with E-state index in [2.05, 4.69) is 23.5 Å². The van der Waals surface area contributed by atoms with E-state index >= 15 is 0 Å². The van der Waals surface area contributed by atoms with Gasteiger partial charge in [-0.1, -0.05) is 18.2 Å². The highest BCUT2D eigenvalue weighted by Crippen LogP contribution is 2.15. The van der Waals surface area contributed by atoms with Gasteiger partial charge in [-0.25, -0.2) is 0 Å². The molecule has 0 heterocycles. The first-order valence-electron chi connectivity index (χ1n) is 6.68. The van der Waals surface area contributed by atoms with Crippen LogP contribution in [0.15, 0.2) is 24.3 Å². The molecule has 0 saturated carbocycles. The lowest BCUT2D eigenvalue weighted by Gasteiger charge is -2.27. The van der Waals surface area contributed by atoms with Gasteiger partial charge in [-0.2, -0.15) is 0 Å². The lowest BCUT2D eigenvalue weighted by Crippen LogP contribution is -2.32. The first-order chi connectivity index (χ1) is 9.04. The molecule has 0 aliphatic heterocycles. The first kappa shape index (κ1) is 15.5. The lowest BCUT2D eigenvalue weighted by molar-refractivity contribution is -0.140. The number of hydrogen-bond acceptors (Lipinski definition) is 4. The number of nitrogens with zero attached hydrogens (tertiary/aromatic N) is 1. The Bertz CT molecular complexity index is 405. The van der Waals surface area contributed by atoms with Crippen molar-refractivity contribution < 1.29 is 9.53 Å². The molecule has 0 atom stereocenters. The molecule has 2 N–H and O–H groups in total. The van der Waals surface area contributed by atoms with Crippen LogP contribution in [0.4, 0.5) is 5.69 Å². The zero-order chi connectivity index (χ0) is 14.3. The largest absolute Gasteiger partial charge is 0.469 e. The summed E-state index contributed by atoms with van der Waals surface area (Å²) in [5.41, 5.74) is 7.92. The Morgan fingerprint density at radius 2 is 2.05 bits per heavy atom. The van der Waals surface area contributed by atoms with Crippen molar-refractivity contribution >= 4 is 11.7 Å². The van der Waals surface area contributed by atoms with Crippen molar-refractivity contribution in [2.75, 3.05) is 19.4 Å². The number of nitrogens with two attached hydrogens (primary N) is 1. The van der Waals surface area contributed by atoms with Crippen LogP contribution in [0.3, 0.4) is 0 Å². The Balaban J connectivity index is 2.54. The number of esters is 1. The highest BCUT2D eigenvalue weighted by atomic mass is 16.5. The SMILES string of the molecule is COC(=O)CCCN(Cc1ccccc1N)C(C)C. The lowest BCUT2D eigenvalue weighted by atomic mass is 10.1. The molecule has 0 radical (unpaired) electrons. The molecule has 0 unspecified atom stereocenters. The van der Waals surface area contributed by atoms with Crippen molar-refractivity contribution in [2.24, 2.45) is 0 Å². The van der Waals surface area contributed by atoms with E-state index in [0.29, 0.717) is 12.5 Å². The summed E-state index contributed by atoms with van der Waals surface area (Å²) in [5.74, 6) is -0.150. The van der Waals surface area contributed by atoms with Crippen molar-refractivity contribution in [3.8, 4) is 0 Å². The van der Waals surface area contributed by atoms with Gasteiger partial charge in [0.15, 0.2) is 0 Å². The van der Waals surface area contributed by atoms with Gasteiger partial charge >= 0.3 is 5.97 Å². The Morgan fingerprint density at radius 3 is 2.63 bits per heavy atom. The number of rotatable bonds is 7. The molecular formula is C15H24N2O2. The van der Waals surface area contributed by atoms with Gasteiger partial charge in [-0.15, -0.1) is 0 Å². The molecule has 1 aromatic rings. The maximum atomic E-state index is 11.1. The molecule has 4 heteroatoms. The smallest absolute Gasteiger partial charge is 0.305 e. The fourth-order valence-corrected chi connectivity index (χ4v) is 1.95. The number of para-hydroxylation sites is 1. The van der Waals surface area contributed by atoms with Gasteiger partial charge in [0.2, 0.25) is 0 Å². The molecule has 106 valence electrons. The Hall–Kier alpha value is -1.55. The summed E-state index contributed by atoms with van der Waals surface area (Å²) in [5, 5.41) is 0. The summed E-state index contributed by atoms with van der Waals surface area (Å²) in [6.07, 6.45) is 1.27. The van der Waals surface area contributed by atoms with Crippen LogP contribution in [0, 0.1) is 0 Å². The second-order valence-corrected chi connectivity index (χ2v) is 4.94. The Kier molecular flexibility index (Phi) is 6.36. The minimum absolute atomic E-state index is 0.150. The van der Waals surface area contributed by atoms with E-state index in [4.69, 9.17) is 5.73 Å². The zero-order valence-electron chi connectivity index (χ0n) is 12.1. The van der Waals surface area contributed by atoms with Crippen LogP contribution in [-0.2, 0) is 16.1 Å². The predicted molar refractivity (Wildman–Crippen MR) is 77.7 cm³/mol. The zero-order valence-corrected chi connectivity index (χ0v) is 12.1. The van der Waals surface area contributed by atoms with Crippen molar-refractivity contribution in [1.29, 1.82) is 0 Å². The fourth-order valence-electron chi connectivity index (χ4n) is 1.95. The van der Waals surface area contributed by atoms with Gasteiger partial charge < -0.3 is 10.5 Å². The van der Waals surface area contributed by atoms with Gasteiger partial charge in [-0.05, 0) is 38.4 Å². The highest BCUT2D eigenvalue weighted by Gasteiger charge is 2.12. The fraction of sp³-hybridized carbons (Fsp3) is 0.533. The van der Waals surface area contributed by atoms with Crippen LogP contribution < -0.4 is 5.73 Å². The standard InChI is InChI=1S/C15H24N2O2/c1-12(2)17(10-6-9-15(18)19-3)11-13-7-4-5-8-14(13)16/h4-5,7-8,12H,6,9-11,16H2,1-3H3. The van der Waals surface area contributed by atoms with Gasteiger partial charge in [0.25, 0.3) is 0 Å². The molecular weight excluding hydrogens is 240 g/mol. The molecule has 0 spiro atoms. The summed E-state index contributed by atoms with van der Waals surface area (Å²) < 4.78 is 4.65. The van der Waals surface area contributed by atoms with E-state index in [0.717, 1.165) is 30.8 Å².